The average molecular weight is 477 g/mol. The Hall–Kier alpha value is -3.08. The van der Waals surface area contributed by atoms with Gasteiger partial charge in [-0.2, -0.15) is 10.2 Å². The molecule has 0 unspecified atom stereocenters. The third-order valence-electron chi connectivity index (χ3n) is 5.57. The van der Waals surface area contributed by atoms with Crippen LogP contribution >= 0.6 is 0 Å². The van der Waals surface area contributed by atoms with Crippen molar-refractivity contribution in [1.82, 2.24) is 20.4 Å². The summed E-state index contributed by atoms with van der Waals surface area (Å²) in [5, 5.41) is 9.94. The first-order valence-corrected chi connectivity index (χ1v) is 12.5. The summed E-state index contributed by atoms with van der Waals surface area (Å²) in [4.78, 5) is 24.3. The van der Waals surface area contributed by atoms with Gasteiger partial charge in [0, 0.05) is 0 Å². The van der Waals surface area contributed by atoms with Gasteiger partial charge >= 0.3 is 6.03 Å². The molecule has 1 atom stereocenters. The summed E-state index contributed by atoms with van der Waals surface area (Å²) in [6, 6.07) is 5.50. The number of amides is 3. The number of hydrogen-bond acceptors (Lipinski definition) is 7. The largest absolute Gasteiger partial charge is 0.490 e. The zero-order chi connectivity index (χ0) is 23.6. The van der Waals surface area contributed by atoms with Crippen LogP contribution in [0.15, 0.2) is 30.5 Å². The van der Waals surface area contributed by atoms with E-state index in [4.69, 9.17) is 4.74 Å². The summed E-state index contributed by atoms with van der Waals surface area (Å²) in [5.74, 6) is -0.993. The van der Waals surface area contributed by atoms with Gasteiger partial charge in [-0.1, -0.05) is 13.0 Å². The van der Waals surface area contributed by atoms with Crippen LogP contribution in [0.5, 0.6) is 5.75 Å². The Bertz CT molecular complexity index is 1170. The number of halogens is 1. The van der Waals surface area contributed by atoms with Crippen molar-refractivity contribution >= 4 is 21.8 Å². The number of sulfone groups is 1. The van der Waals surface area contributed by atoms with E-state index in [1.54, 1.807) is 25.1 Å². The summed E-state index contributed by atoms with van der Waals surface area (Å²) in [7, 11) is -3.53. The Morgan fingerprint density at radius 1 is 1.27 bits per heavy atom. The molecule has 1 aromatic heterocycles. The molecule has 3 amide bonds. The number of benzene rings is 1. The first-order valence-electron chi connectivity index (χ1n) is 10.7. The molecule has 11 heteroatoms. The van der Waals surface area contributed by atoms with Crippen molar-refractivity contribution in [2.75, 3.05) is 18.9 Å². The smallest absolute Gasteiger partial charge is 0.324 e. The molecular weight excluding hydrogens is 451 g/mol. The van der Waals surface area contributed by atoms with Crippen molar-refractivity contribution in [3.8, 4) is 5.75 Å². The second-order valence-electron chi connectivity index (χ2n) is 8.66. The summed E-state index contributed by atoms with van der Waals surface area (Å²) in [5.41, 5.74) is 1.51. The highest BCUT2D eigenvalue weighted by molar-refractivity contribution is 7.90. The normalized spacial score (nSPS) is 17.2. The Morgan fingerprint density at radius 3 is 2.76 bits per heavy atom. The van der Waals surface area contributed by atoms with E-state index in [-0.39, 0.29) is 36.3 Å². The second kappa shape index (κ2) is 9.42. The second-order valence-corrected chi connectivity index (χ2v) is 10.8. The molecule has 9 nitrogen and oxygen atoms in total. The molecule has 0 bridgehead atoms. The van der Waals surface area contributed by atoms with Gasteiger partial charge in [0.2, 0.25) is 5.91 Å². The van der Waals surface area contributed by atoms with Gasteiger partial charge in [-0.05, 0) is 54.0 Å². The molecule has 1 aliphatic heterocycles. The van der Waals surface area contributed by atoms with E-state index < -0.39 is 27.6 Å². The molecule has 176 valence electrons. The lowest BCUT2D eigenvalue weighted by atomic mass is 10.0. The van der Waals surface area contributed by atoms with Gasteiger partial charge in [-0.25, -0.2) is 17.6 Å². The van der Waals surface area contributed by atoms with Crippen LogP contribution in [0.4, 0.5) is 9.18 Å². The average Bonchev–Trinajstić information content (AvgIpc) is 3.51. The molecule has 0 radical (unpaired) electrons. The van der Waals surface area contributed by atoms with Crippen LogP contribution in [0.25, 0.3) is 0 Å². The molecule has 2 aliphatic rings. The number of hydrogen-bond donors (Lipinski definition) is 1. The van der Waals surface area contributed by atoms with Crippen molar-refractivity contribution in [3.05, 3.63) is 53.1 Å². The van der Waals surface area contributed by atoms with Gasteiger partial charge < -0.3 is 9.64 Å². The molecule has 1 N–H and O–H groups in total. The number of rotatable bonds is 10. The van der Waals surface area contributed by atoms with Crippen LogP contribution in [-0.2, 0) is 26.9 Å². The van der Waals surface area contributed by atoms with E-state index in [1.807, 2.05) is 0 Å². The lowest BCUT2D eigenvalue weighted by Gasteiger charge is -2.15. The first-order chi connectivity index (χ1) is 15.7. The lowest BCUT2D eigenvalue weighted by Crippen LogP contribution is -2.28. The molecule has 2 fully saturated rings. The van der Waals surface area contributed by atoms with Gasteiger partial charge in [0.25, 0.3) is 0 Å². The Labute approximate surface area is 191 Å². The number of aromatic nitrogens is 2. The molecule has 33 heavy (non-hydrogen) atoms. The molecular formula is C22H25FN4O5S. The zero-order valence-corrected chi connectivity index (χ0v) is 19.0. The standard InChI is InChI=1S/C22H25FN4O5S/c1-14(17-4-5-19(23)20(7-17)32-11-15-2-3-15)12-33(30,31)13-16-6-18(26-24-8-16)9-27-10-21(28)25-22(27)29/h4-8,14-15H,2-3,9-13H2,1H3,(H,25,28,29)/t14-/m0/s1. The molecule has 1 saturated carbocycles. The molecule has 2 aromatic rings. The molecule has 2 heterocycles. The first kappa shape index (κ1) is 23.1. The lowest BCUT2D eigenvalue weighted by molar-refractivity contribution is -0.118. The van der Waals surface area contributed by atoms with Gasteiger partial charge in [0.1, 0.15) is 6.54 Å². The van der Waals surface area contributed by atoms with E-state index >= 15 is 0 Å². The van der Waals surface area contributed by atoms with E-state index in [2.05, 4.69) is 15.5 Å². The molecule has 0 spiro atoms. The van der Waals surface area contributed by atoms with Gasteiger partial charge in [-0.15, -0.1) is 0 Å². The highest BCUT2D eigenvalue weighted by Crippen LogP contribution is 2.31. The fraction of sp³-hybridized carbons (Fsp3) is 0.455. The molecule has 1 aromatic carbocycles. The van der Waals surface area contributed by atoms with Crippen LogP contribution in [-0.4, -0.2) is 54.4 Å². The number of nitrogens with one attached hydrogen (secondary N) is 1. The predicted octanol–water partition coefficient (Wildman–Crippen LogP) is 2.17. The maximum atomic E-state index is 14.1. The zero-order valence-electron chi connectivity index (χ0n) is 18.2. The monoisotopic (exact) mass is 476 g/mol. The van der Waals surface area contributed by atoms with Gasteiger partial charge in [-0.3, -0.25) is 10.1 Å². The minimum Gasteiger partial charge on any atom is -0.490 e. The van der Waals surface area contributed by atoms with Crippen LogP contribution < -0.4 is 10.1 Å². The summed E-state index contributed by atoms with van der Waals surface area (Å²) in [6.45, 7) is 2.21. The van der Waals surface area contributed by atoms with Crippen molar-refractivity contribution in [3.63, 3.8) is 0 Å². The van der Waals surface area contributed by atoms with Gasteiger partial charge in [0.05, 0.1) is 36.5 Å². The molecule has 4 rings (SSSR count). The Kier molecular flexibility index (Phi) is 6.59. The summed E-state index contributed by atoms with van der Waals surface area (Å²) >= 11 is 0. The minimum atomic E-state index is -3.53. The highest BCUT2D eigenvalue weighted by Gasteiger charge is 2.27. The van der Waals surface area contributed by atoms with Crippen LogP contribution in [0, 0.1) is 11.7 Å². The third-order valence-corrected chi connectivity index (χ3v) is 7.35. The maximum absolute atomic E-state index is 14.1. The SMILES string of the molecule is C[C@@H](CS(=O)(=O)Cc1cnnc(CN2CC(=O)NC2=O)c1)c1ccc(F)c(OCC2CC2)c1. The van der Waals surface area contributed by atoms with E-state index in [9.17, 15) is 22.4 Å². The van der Waals surface area contributed by atoms with Crippen molar-refractivity contribution < 1.29 is 27.1 Å². The summed E-state index contributed by atoms with van der Waals surface area (Å²) < 4.78 is 45.3. The number of ether oxygens (including phenoxy) is 1. The Balaban J connectivity index is 1.39. The van der Waals surface area contributed by atoms with Gasteiger partial charge in [0.15, 0.2) is 21.4 Å². The van der Waals surface area contributed by atoms with Crippen LogP contribution in [0.2, 0.25) is 0 Å². The highest BCUT2D eigenvalue weighted by atomic mass is 32.2. The van der Waals surface area contributed by atoms with Crippen LogP contribution in [0.1, 0.15) is 42.5 Å². The molecule has 1 saturated heterocycles. The number of carbonyl (C=O) groups is 2. The number of carbonyl (C=O) groups excluding carboxylic acids is 2. The fourth-order valence-electron chi connectivity index (χ4n) is 3.64. The minimum absolute atomic E-state index is 0.0497. The number of nitrogens with zero attached hydrogens (tertiary/aromatic N) is 3. The van der Waals surface area contributed by atoms with E-state index in [1.165, 1.54) is 17.2 Å². The topological polar surface area (TPSA) is 119 Å². The Morgan fingerprint density at radius 2 is 2.06 bits per heavy atom. The van der Waals surface area contributed by atoms with Crippen LogP contribution in [0.3, 0.4) is 0 Å². The van der Waals surface area contributed by atoms with E-state index in [0.717, 1.165) is 12.8 Å². The van der Waals surface area contributed by atoms with E-state index in [0.29, 0.717) is 29.3 Å². The number of urea groups is 1. The summed E-state index contributed by atoms with van der Waals surface area (Å²) in [6.07, 6.45) is 3.54. The third kappa shape index (κ3) is 6.25. The maximum Gasteiger partial charge on any atom is 0.324 e. The number of imide groups is 1. The van der Waals surface area contributed by atoms with Crippen molar-refractivity contribution in [2.24, 2.45) is 5.92 Å². The fourth-order valence-corrected chi connectivity index (χ4v) is 5.38. The quantitative estimate of drug-likeness (QED) is 0.522. The predicted molar refractivity (Wildman–Crippen MR) is 117 cm³/mol. The van der Waals surface area contributed by atoms with Crippen molar-refractivity contribution in [1.29, 1.82) is 0 Å². The van der Waals surface area contributed by atoms with Crippen molar-refractivity contribution in [2.45, 2.75) is 38.0 Å². The molecule has 1 aliphatic carbocycles.